The van der Waals surface area contributed by atoms with Crippen LogP contribution in [0.25, 0.3) is 17.1 Å². The molecule has 3 heterocycles. The van der Waals surface area contributed by atoms with Gasteiger partial charge in [0, 0.05) is 30.8 Å². The molecule has 0 unspecified atom stereocenters. The van der Waals surface area contributed by atoms with Crippen molar-refractivity contribution in [3.63, 3.8) is 0 Å². The van der Waals surface area contributed by atoms with Gasteiger partial charge in [-0.15, -0.1) is 5.10 Å². The van der Waals surface area contributed by atoms with E-state index >= 15 is 0 Å². The molecule has 0 aliphatic carbocycles. The molecule has 4 rings (SSSR count). The Morgan fingerprint density at radius 3 is 2.36 bits per heavy atom. The molecule has 1 saturated heterocycles. The Morgan fingerprint density at radius 1 is 1.04 bits per heavy atom. The van der Waals surface area contributed by atoms with E-state index in [2.05, 4.69) is 47.7 Å². The fraction of sp³-hybridized carbons (Fsp3) is 0.409. The van der Waals surface area contributed by atoms with Crippen molar-refractivity contribution < 1.29 is 4.90 Å². The minimum Gasteiger partial charge on any atom is -0.316 e. The average molecular weight is 395 g/mol. The molecule has 0 bridgehead atoms. The van der Waals surface area contributed by atoms with Crippen LogP contribution in [0.15, 0.2) is 42.7 Å². The monoisotopic (exact) mass is 394 g/mol. The molecule has 0 spiro atoms. The Labute approximate surface area is 171 Å². The zero-order valence-electron chi connectivity index (χ0n) is 16.7. The number of nitrogens with zero attached hydrogens (tertiary/aromatic N) is 4. The maximum absolute atomic E-state index is 5.97. The van der Waals surface area contributed by atoms with Gasteiger partial charge in [0.25, 0.3) is 0 Å². The van der Waals surface area contributed by atoms with Gasteiger partial charge in [-0.2, -0.15) is 4.68 Å². The highest BCUT2D eigenvalue weighted by atomic mass is 32.1. The van der Waals surface area contributed by atoms with E-state index in [1.165, 1.54) is 42.7 Å². The quantitative estimate of drug-likeness (QED) is 0.653. The summed E-state index contributed by atoms with van der Waals surface area (Å²) in [6.07, 6.45) is 8.17. The highest BCUT2D eigenvalue weighted by molar-refractivity contribution is 7.71. The minimum absolute atomic E-state index is 0.772. The Hall–Kier alpha value is -2.31. The first-order valence-corrected chi connectivity index (χ1v) is 10.7. The predicted molar refractivity (Wildman–Crippen MR) is 114 cm³/mol. The SMILES string of the molecule is CCc1cccc(CC)c1-n1c(-c2cccnc2)nn(C[NH+]2CCCC2)c1=S. The van der Waals surface area contributed by atoms with Crippen LogP contribution in [-0.2, 0) is 19.5 Å². The number of nitrogens with one attached hydrogen (secondary N) is 1. The lowest BCUT2D eigenvalue weighted by Crippen LogP contribution is -3.09. The summed E-state index contributed by atoms with van der Waals surface area (Å²) in [6, 6.07) is 10.6. The summed E-state index contributed by atoms with van der Waals surface area (Å²) in [5.74, 6) is 0.882. The lowest BCUT2D eigenvalue weighted by molar-refractivity contribution is -0.911. The zero-order chi connectivity index (χ0) is 19.5. The number of likely N-dealkylation sites (tertiary alicyclic amines) is 1. The number of aromatic nitrogens is 4. The Balaban J connectivity index is 1.93. The van der Waals surface area contributed by atoms with E-state index in [1.807, 2.05) is 16.9 Å². The molecule has 1 N–H and O–H groups in total. The standard InChI is InChI=1S/C22H27N5S/c1-3-17-9-7-10-18(4-2)20(17)27-21(19-11-8-12-23-15-19)24-26(22(27)28)16-25-13-5-6-14-25/h7-12,15H,3-6,13-14,16H2,1-2H3/p+1. The molecule has 1 aromatic carbocycles. The number of hydrogen-bond donors (Lipinski definition) is 1. The third kappa shape index (κ3) is 3.54. The van der Waals surface area contributed by atoms with Crippen molar-refractivity contribution in [2.24, 2.45) is 0 Å². The van der Waals surface area contributed by atoms with Crippen LogP contribution in [0.5, 0.6) is 0 Å². The van der Waals surface area contributed by atoms with Gasteiger partial charge in [-0.1, -0.05) is 32.0 Å². The van der Waals surface area contributed by atoms with Crippen LogP contribution in [0.1, 0.15) is 37.8 Å². The molecule has 0 amide bonds. The number of hydrogen-bond acceptors (Lipinski definition) is 3. The van der Waals surface area contributed by atoms with Crippen molar-refractivity contribution in [2.75, 3.05) is 13.1 Å². The second-order valence-corrected chi connectivity index (χ2v) is 7.80. The van der Waals surface area contributed by atoms with Crippen LogP contribution in [0.3, 0.4) is 0 Å². The summed E-state index contributed by atoms with van der Waals surface area (Å²) < 4.78 is 4.97. The largest absolute Gasteiger partial charge is 0.316 e. The molecule has 6 heteroatoms. The number of quaternary nitrogens is 1. The van der Waals surface area contributed by atoms with Gasteiger partial charge >= 0.3 is 0 Å². The van der Waals surface area contributed by atoms with E-state index in [1.54, 1.807) is 11.1 Å². The third-order valence-electron chi connectivity index (χ3n) is 5.63. The number of pyridine rings is 1. The molecule has 0 saturated carbocycles. The maximum Gasteiger partial charge on any atom is 0.207 e. The molecule has 3 aromatic rings. The Bertz CT molecular complexity index is 977. The molecule has 28 heavy (non-hydrogen) atoms. The van der Waals surface area contributed by atoms with Gasteiger partial charge in [0.2, 0.25) is 4.77 Å². The Morgan fingerprint density at radius 2 is 1.75 bits per heavy atom. The molecule has 1 aliphatic heterocycles. The smallest absolute Gasteiger partial charge is 0.207 e. The number of benzene rings is 1. The normalized spacial score (nSPS) is 14.6. The van der Waals surface area contributed by atoms with Gasteiger partial charge in [0.05, 0.1) is 18.8 Å². The maximum atomic E-state index is 5.97. The van der Waals surface area contributed by atoms with Gasteiger partial charge in [0.15, 0.2) is 12.5 Å². The summed E-state index contributed by atoms with van der Waals surface area (Å²) >= 11 is 5.97. The van der Waals surface area contributed by atoms with E-state index in [0.29, 0.717) is 0 Å². The summed E-state index contributed by atoms with van der Waals surface area (Å²) in [7, 11) is 0. The zero-order valence-corrected chi connectivity index (χ0v) is 17.5. The van der Waals surface area contributed by atoms with Crippen molar-refractivity contribution in [1.29, 1.82) is 0 Å². The molecule has 146 valence electrons. The molecular formula is C22H28N5S+. The van der Waals surface area contributed by atoms with Crippen molar-refractivity contribution in [1.82, 2.24) is 19.3 Å². The second-order valence-electron chi connectivity index (χ2n) is 7.43. The molecule has 0 atom stereocenters. The van der Waals surface area contributed by atoms with Crippen molar-refractivity contribution >= 4 is 12.2 Å². The lowest BCUT2D eigenvalue weighted by Gasteiger charge is -2.16. The molecule has 5 nitrogen and oxygen atoms in total. The van der Waals surface area contributed by atoms with Crippen LogP contribution in [0, 0.1) is 4.77 Å². The highest BCUT2D eigenvalue weighted by Gasteiger charge is 2.22. The summed E-state index contributed by atoms with van der Waals surface area (Å²) in [4.78, 5) is 5.88. The highest BCUT2D eigenvalue weighted by Crippen LogP contribution is 2.28. The summed E-state index contributed by atoms with van der Waals surface area (Å²) in [5.41, 5.74) is 4.79. The number of aryl methyl sites for hydroxylation is 2. The third-order valence-corrected chi connectivity index (χ3v) is 6.02. The molecule has 1 fully saturated rings. The van der Waals surface area contributed by atoms with Crippen LogP contribution < -0.4 is 4.90 Å². The minimum atomic E-state index is 0.772. The van der Waals surface area contributed by atoms with E-state index in [-0.39, 0.29) is 0 Å². The fourth-order valence-electron chi connectivity index (χ4n) is 4.14. The first kappa shape index (κ1) is 19.0. The first-order chi connectivity index (χ1) is 13.7. The first-order valence-electron chi connectivity index (χ1n) is 10.3. The fourth-order valence-corrected chi connectivity index (χ4v) is 4.42. The number of para-hydroxylation sites is 1. The topological polar surface area (TPSA) is 40.1 Å². The van der Waals surface area contributed by atoms with Gasteiger partial charge in [0.1, 0.15) is 0 Å². The van der Waals surface area contributed by atoms with E-state index in [9.17, 15) is 0 Å². The van der Waals surface area contributed by atoms with Crippen LogP contribution in [0.2, 0.25) is 0 Å². The summed E-state index contributed by atoms with van der Waals surface area (Å²) in [6.45, 7) is 7.62. The van der Waals surface area contributed by atoms with Gasteiger partial charge in [-0.05, 0) is 48.3 Å². The van der Waals surface area contributed by atoms with Crippen molar-refractivity contribution in [3.8, 4) is 17.1 Å². The van der Waals surface area contributed by atoms with E-state index < -0.39 is 0 Å². The predicted octanol–water partition coefficient (Wildman–Crippen LogP) is 3.23. The van der Waals surface area contributed by atoms with Crippen LogP contribution >= 0.6 is 12.2 Å². The van der Waals surface area contributed by atoms with Gasteiger partial charge in [-0.3, -0.25) is 9.55 Å². The Kier molecular flexibility index (Phi) is 5.69. The van der Waals surface area contributed by atoms with Crippen LogP contribution in [-0.4, -0.2) is 32.4 Å². The average Bonchev–Trinajstić information content (AvgIpc) is 3.36. The molecule has 0 radical (unpaired) electrons. The van der Waals surface area contributed by atoms with E-state index in [0.717, 1.165) is 35.7 Å². The molecule has 1 aliphatic rings. The summed E-state index contributed by atoms with van der Waals surface area (Å²) in [5, 5.41) is 4.99. The van der Waals surface area contributed by atoms with Crippen LogP contribution in [0.4, 0.5) is 0 Å². The van der Waals surface area contributed by atoms with Gasteiger partial charge < -0.3 is 4.90 Å². The van der Waals surface area contributed by atoms with E-state index in [4.69, 9.17) is 17.3 Å². The van der Waals surface area contributed by atoms with Crippen molar-refractivity contribution in [3.05, 3.63) is 58.6 Å². The number of rotatable bonds is 6. The van der Waals surface area contributed by atoms with Gasteiger partial charge in [-0.25, -0.2) is 0 Å². The molecular weight excluding hydrogens is 366 g/mol. The molecule has 2 aromatic heterocycles. The second kappa shape index (κ2) is 8.37. The lowest BCUT2D eigenvalue weighted by atomic mass is 10.0. The van der Waals surface area contributed by atoms with Crippen molar-refractivity contribution in [2.45, 2.75) is 46.2 Å².